The average molecular weight is 217 g/mol. The average Bonchev–Trinajstić information content (AvgIpc) is 2.02. The highest BCUT2D eigenvalue weighted by Crippen LogP contribution is 2.13. The summed E-state index contributed by atoms with van der Waals surface area (Å²) in [6.45, 7) is 0.701. The minimum Gasteiger partial charge on any atom is -0.305 e. The summed E-state index contributed by atoms with van der Waals surface area (Å²) < 4.78 is 33.5. The minimum atomic E-state index is -4.56. The summed E-state index contributed by atoms with van der Waals surface area (Å²) in [5, 5.41) is 0. The fourth-order valence-electron chi connectivity index (χ4n) is 1.12. The first kappa shape index (κ1) is 11.1. The van der Waals surface area contributed by atoms with Crippen molar-refractivity contribution in [2.24, 2.45) is 0 Å². The van der Waals surface area contributed by atoms with Crippen molar-refractivity contribution in [3.8, 4) is 0 Å². The Morgan fingerprint density at radius 2 is 1.71 bits per heavy atom. The third-order valence-corrected chi connectivity index (χ3v) is 2.54. The molecule has 0 atom stereocenters. The first-order valence-electron chi connectivity index (χ1n) is 4.08. The van der Waals surface area contributed by atoms with Gasteiger partial charge in [-0.3, -0.25) is 0 Å². The van der Waals surface area contributed by atoms with Crippen LogP contribution in [0, 0.1) is 0 Å². The second kappa shape index (κ2) is 4.06. The summed E-state index contributed by atoms with van der Waals surface area (Å²) in [4.78, 5) is 1.65. The van der Waals surface area contributed by atoms with E-state index in [-0.39, 0.29) is 4.90 Å². The first-order valence-corrected chi connectivity index (χ1v) is 5.46. The van der Waals surface area contributed by atoms with E-state index in [1.807, 2.05) is 19.0 Å². The van der Waals surface area contributed by atoms with Crippen LogP contribution >= 0.6 is 0 Å². The predicted molar refractivity (Wildman–Crippen MR) is 52.1 cm³/mol. The molecule has 0 aliphatic heterocycles. The van der Waals surface area contributed by atoms with Gasteiger partial charge in [-0.2, -0.15) is 8.42 Å². The van der Waals surface area contributed by atoms with Crippen molar-refractivity contribution >= 4 is 10.2 Å². The van der Waals surface area contributed by atoms with E-state index in [1.54, 1.807) is 12.1 Å². The number of hydrogen-bond acceptors (Lipinski definition) is 3. The van der Waals surface area contributed by atoms with E-state index in [0.717, 1.165) is 5.56 Å². The SMILES string of the molecule is CN(C)Cc1ccc(S(=O)(=O)F)cc1. The number of halogens is 1. The molecule has 0 saturated carbocycles. The summed E-state index contributed by atoms with van der Waals surface area (Å²) in [7, 11) is -0.756. The maximum atomic E-state index is 12.5. The topological polar surface area (TPSA) is 37.4 Å². The van der Waals surface area contributed by atoms with Crippen molar-refractivity contribution in [2.45, 2.75) is 11.4 Å². The third-order valence-electron chi connectivity index (χ3n) is 1.70. The van der Waals surface area contributed by atoms with Crippen LogP contribution in [-0.2, 0) is 16.8 Å². The van der Waals surface area contributed by atoms with Crippen LogP contribution in [0.4, 0.5) is 3.89 Å². The number of benzene rings is 1. The summed E-state index contributed by atoms with van der Waals surface area (Å²) in [6.07, 6.45) is 0. The van der Waals surface area contributed by atoms with Gasteiger partial charge in [0.1, 0.15) is 0 Å². The van der Waals surface area contributed by atoms with Crippen LogP contribution in [0.25, 0.3) is 0 Å². The molecule has 0 N–H and O–H groups in total. The van der Waals surface area contributed by atoms with Gasteiger partial charge < -0.3 is 4.90 Å². The van der Waals surface area contributed by atoms with Crippen molar-refractivity contribution < 1.29 is 12.3 Å². The highest BCUT2D eigenvalue weighted by molar-refractivity contribution is 7.86. The fraction of sp³-hybridized carbons (Fsp3) is 0.333. The third kappa shape index (κ3) is 3.08. The molecule has 0 bridgehead atoms. The van der Waals surface area contributed by atoms with Crippen LogP contribution in [-0.4, -0.2) is 27.4 Å². The Morgan fingerprint density at radius 3 is 2.07 bits per heavy atom. The van der Waals surface area contributed by atoms with E-state index in [4.69, 9.17) is 0 Å². The Bertz CT molecular complexity index is 397. The molecule has 0 amide bonds. The predicted octanol–water partition coefficient (Wildman–Crippen LogP) is 1.41. The smallest absolute Gasteiger partial charge is 0.305 e. The number of rotatable bonds is 3. The Morgan fingerprint density at radius 1 is 1.21 bits per heavy atom. The van der Waals surface area contributed by atoms with Gasteiger partial charge in [0, 0.05) is 6.54 Å². The highest BCUT2D eigenvalue weighted by atomic mass is 32.3. The molecule has 3 nitrogen and oxygen atoms in total. The van der Waals surface area contributed by atoms with E-state index in [0.29, 0.717) is 6.54 Å². The Labute approximate surface area is 83.4 Å². The lowest BCUT2D eigenvalue weighted by Crippen LogP contribution is -2.10. The molecular formula is C9H12FNO2S. The molecular weight excluding hydrogens is 205 g/mol. The van der Waals surface area contributed by atoms with Crippen LogP contribution in [0.1, 0.15) is 5.56 Å². The molecule has 5 heteroatoms. The lowest BCUT2D eigenvalue weighted by atomic mass is 10.2. The molecule has 0 aliphatic rings. The van der Waals surface area contributed by atoms with Gasteiger partial charge in [-0.05, 0) is 31.8 Å². The molecule has 1 aromatic carbocycles. The summed E-state index contributed by atoms with van der Waals surface area (Å²) in [5.41, 5.74) is 0.947. The molecule has 0 unspecified atom stereocenters. The van der Waals surface area contributed by atoms with Crippen LogP contribution < -0.4 is 0 Å². The zero-order valence-electron chi connectivity index (χ0n) is 8.07. The molecule has 0 aromatic heterocycles. The maximum Gasteiger partial charge on any atom is 0.332 e. The highest BCUT2D eigenvalue weighted by Gasteiger charge is 2.10. The summed E-state index contributed by atoms with van der Waals surface area (Å²) >= 11 is 0. The van der Waals surface area contributed by atoms with E-state index in [2.05, 4.69) is 0 Å². The normalized spacial score (nSPS) is 12.0. The van der Waals surface area contributed by atoms with Crippen LogP contribution in [0.5, 0.6) is 0 Å². The molecule has 1 aromatic rings. The fourth-order valence-corrected chi connectivity index (χ4v) is 1.58. The summed E-state index contributed by atoms with van der Waals surface area (Å²) in [6, 6.07) is 5.75. The van der Waals surface area contributed by atoms with Gasteiger partial charge >= 0.3 is 10.2 Å². The van der Waals surface area contributed by atoms with Gasteiger partial charge in [-0.1, -0.05) is 12.1 Å². The zero-order valence-corrected chi connectivity index (χ0v) is 8.88. The van der Waals surface area contributed by atoms with Gasteiger partial charge in [-0.25, -0.2) is 0 Å². The van der Waals surface area contributed by atoms with Crippen LogP contribution in [0.2, 0.25) is 0 Å². The quantitative estimate of drug-likeness (QED) is 0.718. The van der Waals surface area contributed by atoms with E-state index < -0.39 is 10.2 Å². The Balaban J connectivity index is 2.90. The Kier molecular flexibility index (Phi) is 3.23. The molecule has 0 saturated heterocycles. The Hall–Kier alpha value is -0.940. The maximum absolute atomic E-state index is 12.5. The van der Waals surface area contributed by atoms with Crippen molar-refractivity contribution in [3.63, 3.8) is 0 Å². The second-order valence-corrected chi connectivity index (χ2v) is 4.67. The van der Waals surface area contributed by atoms with E-state index >= 15 is 0 Å². The largest absolute Gasteiger partial charge is 0.332 e. The molecule has 78 valence electrons. The molecule has 0 heterocycles. The molecule has 0 spiro atoms. The second-order valence-electron chi connectivity index (χ2n) is 3.32. The molecule has 0 aliphatic carbocycles. The van der Waals surface area contributed by atoms with E-state index in [9.17, 15) is 12.3 Å². The number of hydrogen-bond donors (Lipinski definition) is 0. The van der Waals surface area contributed by atoms with Gasteiger partial charge in [-0.15, -0.1) is 3.89 Å². The van der Waals surface area contributed by atoms with Crippen LogP contribution in [0.3, 0.4) is 0 Å². The van der Waals surface area contributed by atoms with Gasteiger partial charge in [0.25, 0.3) is 0 Å². The van der Waals surface area contributed by atoms with Crippen molar-refractivity contribution in [2.75, 3.05) is 14.1 Å². The minimum absolute atomic E-state index is 0.292. The van der Waals surface area contributed by atoms with E-state index in [1.165, 1.54) is 12.1 Å². The van der Waals surface area contributed by atoms with Gasteiger partial charge in [0.15, 0.2) is 0 Å². The first-order chi connectivity index (χ1) is 6.39. The lowest BCUT2D eigenvalue weighted by molar-refractivity contribution is 0.402. The van der Waals surface area contributed by atoms with Gasteiger partial charge in [0.05, 0.1) is 4.90 Å². The molecule has 0 fully saturated rings. The standard InChI is InChI=1S/C9H12FNO2S/c1-11(2)7-8-3-5-9(6-4-8)14(10,12)13/h3-6H,7H2,1-2H3. The zero-order chi connectivity index (χ0) is 10.8. The van der Waals surface area contributed by atoms with Crippen LogP contribution in [0.15, 0.2) is 29.2 Å². The summed E-state index contributed by atoms with van der Waals surface area (Å²) in [5.74, 6) is 0. The number of nitrogens with zero attached hydrogens (tertiary/aromatic N) is 1. The van der Waals surface area contributed by atoms with Crippen molar-refractivity contribution in [3.05, 3.63) is 29.8 Å². The molecule has 1 rings (SSSR count). The molecule has 0 radical (unpaired) electrons. The van der Waals surface area contributed by atoms with Gasteiger partial charge in [0.2, 0.25) is 0 Å². The van der Waals surface area contributed by atoms with Crippen molar-refractivity contribution in [1.29, 1.82) is 0 Å². The monoisotopic (exact) mass is 217 g/mol. The lowest BCUT2D eigenvalue weighted by Gasteiger charge is -2.09. The van der Waals surface area contributed by atoms with Crippen molar-refractivity contribution in [1.82, 2.24) is 4.90 Å². The molecule has 14 heavy (non-hydrogen) atoms.